The molecule has 1 aromatic rings. The number of benzene rings is 1. The quantitative estimate of drug-likeness (QED) is 0.716. The highest BCUT2D eigenvalue weighted by Gasteiger charge is 2.01. The Morgan fingerprint density at radius 1 is 1.50 bits per heavy atom. The van der Waals surface area contributed by atoms with Crippen LogP contribution >= 0.6 is 0 Å². The lowest BCUT2D eigenvalue weighted by Crippen LogP contribution is -1.94. The highest BCUT2D eigenvalue weighted by molar-refractivity contribution is 5.32. The monoisotopic (exact) mass is 165 g/mol. The van der Waals surface area contributed by atoms with Gasteiger partial charge in [-0.2, -0.15) is 5.26 Å². The van der Waals surface area contributed by atoms with Crippen molar-refractivity contribution in [3.05, 3.63) is 35.1 Å². The molecule has 1 rings (SSSR count). The highest BCUT2D eigenvalue weighted by Crippen LogP contribution is 2.09. The van der Waals surface area contributed by atoms with Gasteiger partial charge in [0, 0.05) is 6.61 Å². The summed E-state index contributed by atoms with van der Waals surface area (Å²) in [4.78, 5) is 0. The summed E-state index contributed by atoms with van der Waals surface area (Å²) in [6.45, 7) is -0.0805. The predicted octanol–water partition coefficient (Wildman–Crippen LogP) is 1.23. The summed E-state index contributed by atoms with van der Waals surface area (Å²) < 4.78 is 13.0. The van der Waals surface area contributed by atoms with Gasteiger partial charge in [-0.3, -0.25) is 0 Å². The molecule has 0 aliphatic carbocycles. The molecule has 0 unspecified atom stereocenters. The second kappa shape index (κ2) is 3.84. The molecule has 0 saturated heterocycles. The van der Waals surface area contributed by atoms with E-state index in [1.165, 1.54) is 18.2 Å². The van der Waals surface area contributed by atoms with Crippen molar-refractivity contribution >= 4 is 0 Å². The maximum absolute atomic E-state index is 13.0. The van der Waals surface area contributed by atoms with Crippen LogP contribution in [0, 0.1) is 17.1 Å². The molecule has 0 aliphatic rings. The zero-order valence-corrected chi connectivity index (χ0v) is 6.42. The molecule has 0 aliphatic heterocycles. The number of nitriles is 1. The molecule has 0 heterocycles. The van der Waals surface area contributed by atoms with E-state index in [-0.39, 0.29) is 13.0 Å². The first-order valence-corrected chi connectivity index (χ1v) is 3.57. The van der Waals surface area contributed by atoms with Crippen molar-refractivity contribution in [1.82, 2.24) is 0 Å². The van der Waals surface area contributed by atoms with Crippen LogP contribution in [0.25, 0.3) is 0 Å². The third kappa shape index (κ3) is 1.80. The SMILES string of the molecule is N#Cc1ccc(CCO)c(F)c1. The fourth-order valence-corrected chi connectivity index (χ4v) is 0.940. The van der Waals surface area contributed by atoms with Gasteiger partial charge in [0.2, 0.25) is 0 Å². The normalized spacial score (nSPS) is 9.42. The number of halogens is 1. The van der Waals surface area contributed by atoms with Crippen LogP contribution in [-0.4, -0.2) is 11.7 Å². The molecule has 12 heavy (non-hydrogen) atoms. The van der Waals surface area contributed by atoms with E-state index in [9.17, 15) is 4.39 Å². The summed E-state index contributed by atoms with van der Waals surface area (Å²) >= 11 is 0. The molecule has 2 nitrogen and oxygen atoms in total. The summed E-state index contributed by atoms with van der Waals surface area (Å²) in [6, 6.07) is 6.06. The zero-order chi connectivity index (χ0) is 8.97. The Labute approximate surface area is 69.9 Å². The van der Waals surface area contributed by atoms with Gasteiger partial charge in [-0.25, -0.2) is 4.39 Å². The lowest BCUT2D eigenvalue weighted by Gasteiger charge is -1.99. The standard InChI is InChI=1S/C9H8FNO/c10-9-5-7(6-11)1-2-8(9)3-4-12/h1-2,5,12H,3-4H2. The van der Waals surface area contributed by atoms with Crippen LogP contribution in [0.3, 0.4) is 0 Å². The predicted molar refractivity (Wildman–Crippen MR) is 41.9 cm³/mol. The van der Waals surface area contributed by atoms with E-state index < -0.39 is 5.82 Å². The van der Waals surface area contributed by atoms with Crippen molar-refractivity contribution in [1.29, 1.82) is 5.26 Å². The van der Waals surface area contributed by atoms with Gasteiger partial charge in [0.05, 0.1) is 11.6 Å². The first kappa shape index (κ1) is 8.69. The van der Waals surface area contributed by atoms with Gasteiger partial charge in [0.25, 0.3) is 0 Å². The molecule has 1 N–H and O–H groups in total. The van der Waals surface area contributed by atoms with Crippen LogP contribution in [0.15, 0.2) is 18.2 Å². The Hall–Kier alpha value is -1.40. The number of hydrogen-bond donors (Lipinski definition) is 1. The summed E-state index contributed by atoms with van der Waals surface area (Å²) in [5.74, 6) is -0.428. The van der Waals surface area contributed by atoms with Gasteiger partial charge in [-0.05, 0) is 24.1 Å². The molecule has 62 valence electrons. The lowest BCUT2D eigenvalue weighted by molar-refractivity contribution is 0.297. The van der Waals surface area contributed by atoms with Crippen LogP contribution in [0.4, 0.5) is 4.39 Å². The van der Waals surface area contributed by atoms with Gasteiger partial charge in [0.15, 0.2) is 0 Å². The van der Waals surface area contributed by atoms with Gasteiger partial charge < -0.3 is 5.11 Å². The van der Waals surface area contributed by atoms with E-state index in [0.717, 1.165) is 0 Å². The smallest absolute Gasteiger partial charge is 0.127 e. The van der Waals surface area contributed by atoms with Gasteiger partial charge in [0.1, 0.15) is 5.82 Å². The fraction of sp³-hybridized carbons (Fsp3) is 0.222. The second-order valence-electron chi connectivity index (χ2n) is 2.39. The van der Waals surface area contributed by atoms with Gasteiger partial charge in [-0.1, -0.05) is 6.07 Å². The largest absolute Gasteiger partial charge is 0.396 e. The molecule has 0 amide bonds. The minimum atomic E-state index is -0.428. The Kier molecular flexibility index (Phi) is 2.78. The molecule has 0 aromatic heterocycles. The maximum Gasteiger partial charge on any atom is 0.127 e. The van der Waals surface area contributed by atoms with Crippen LogP contribution in [-0.2, 0) is 6.42 Å². The van der Waals surface area contributed by atoms with E-state index in [0.29, 0.717) is 11.1 Å². The molecule has 3 heteroatoms. The maximum atomic E-state index is 13.0. The highest BCUT2D eigenvalue weighted by atomic mass is 19.1. The van der Waals surface area contributed by atoms with Crippen LogP contribution in [0.5, 0.6) is 0 Å². The molecule has 0 atom stereocenters. The third-order valence-electron chi connectivity index (χ3n) is 1.56. The van der Waals surface area contributed by atoms with Crippen molar-refractivity contribution in [2.75, 3.05) is 6.61 Å². The summed E-state index contributed by atoms with van der Waals surface area (Å²) in [7, 11) is 0. The summed E-state index contributed by atoms with van der Waals surface area (Å²) in [6.07, 6.45) is 0.289. The second-order valence-corrected chi connectivity index (χ2v) is 2.39. The number of aliphatic hydroxyl groups excluding tert-OH is 1. The van der Waals surface area contributed by atoms with Crippen molar-refractivity contribution in [3.63, 3.8) is 0 Å². The Bertz CT molecular complexity index is 317. The molecule has 0 bridgehead atoms. The Balaban J connectivity index is 2.97. The van der Waals surface area contributed by atoms with E-state index in [1.807, 2.05) is 6.07 Å². The molecule has 0 fully saturated rings. The summed E-state index contributed by atoms with van der Waals surface area (Å²) in [5.41, 5.74) is 0.741. The van der Waals surface area contributed by atoms with Crippen LogP contribution in [0.1, 0.15) is 11.1 Å². The van der Waals surface area contributed by atoms with Crippen molar-refractivity contribution in [3.8, 4) is 6.07 Å². The van der Waals surface area contributed by atoms with Crippen LogP contribution < -0.4 is 0 Å². The molecule has 0 radical (unpaired) electrons. The minimum Gasteiger partial charge on any atom is -0.396 e. The van der Waals surface area contributed by atoms with Crippen molar-refractivity contribution in [2.24, 2.45) is 0 Å². The molecular weight excluding hydrogens is 157 g/mol. The lowest BCUT2D eigenvalue weighted by atomic mass is 10.1. The zero-order valence-electron chi connectivity index (χ0n) is 6.42. The first-order chi connectivity index (χ1) is 5.77. The number of rotatable bonds is 2. The molecule has 1 aromatic carbocycles. The van der Waals surface area contributed by atoms with Crippen molar-refractivity contribution in [2.45, 2.75) is 6.42 Å². The number of hydrogen-bond acceptors (Lipinski definition) is 2. The molecule has 0 spiro atoms. The number of nitrogens with zero attached hydrogens (tertiary/aromatic N) is 1. The first-order valence-electron chi connectivity index (χ1n) is 3.57. The van der Waals surface area contributed by atoms with Gasteiger partial charge >= 0.3 is 0 Å². The third-order valence-corrected chi connectivity index (χ3v) is 1.56. The average Bonchev–Trinajstić information content (AvgIpc) is 2.09. The van der Waals surface area contributed by atoms with E-state index in [1.54, 1.807) is 0 Å². The Morgan fingerprint density at radius 2 is 2.25 bits per heavy atom. The van der Waals surface area contributed by atoms with E-state index in [2.05, 4.69) is 0 Å². The minimum absolute atomic E-state index is 0.0805. The van der Waals surface area contributed by atoms with Gasteiger partial charge in [-0.15, -0.1) is 0 Å². The molecule has 0 saturated carbocycles. The van der Waals surface area contributed by atoms with Crippen molar-refractivity contribution < 1.29 is 9.50 Å². The van der Waals surface area contributed by atoms with E-state index in [4.69, 9.17) is 10.4 Å². The average molecular weight is 165 g/mol. The number of aliphatic hydroxyl groups is 1. The topological polar surface area (TPSA) is 44.0 Å². The van der Waals surface area contributed by atoms with Crippen LogP contribution in [0.2, 0.25) is 0 Å². The Morgan fingerprint density at radius 3 is 2.75 bits per heavy atom. The van der Waals surface area contributed by atoms with E-state index >= 15 is 0 Å². The molecular formula is C9H8FNO. The fourth-order valence-electron chi connectivity index (χ4n) is 0.940. The summed E-state index contributed by atoms with van der Waals surface area (Å²) in [5, 5.41) is 17.0.